The summed E-state index contributed by atoms with van der Waals surface area (Å²) in [5.41, 5.74) is 7.67. The Morgan fingerprint density at radius 3 is 2.90 bits per heavy atom. The van der Waals surface area contributed by atoms with Crippen LogP contribution in [0.3, 0.4) is 0 Å². The lowest BCUT2D eigenvalue weighted by Crippen LogP contribution is -2.46. The minimum absolute atomic E-state index is 0.281. The number of hydrogen-bond donors (Lipinski definition) is 1. The molecule has 0 amide bonds. The fourth-order valence-electron chi connectivity index (χ4n) is 2.46. The number of benzene rings is 1. The lowest BCUT2D eigenvalue weighted by Gasteiger charge is -2.36. The summed E-state index contributed by atoms with van der Waals surface area (Å²) in [7, 11) is 1.64. The van der Waals surface area contributed by atoms with Crippen molar-refractivity contribution in [3.8, 4) is 5.75 Å². The summed E-state index contributed by atoms with van der Waals surface area (Å²) in [5, 5.41) is 0. The fourth-order valence-corrected chi connectivity index (χ4v) is 2.63. The molecule has 0 spiro atoms. The molecule has 5 heteroatoms. The van der Waals surface area contributed by atoms with Crippen molar-refractivity contribution < 1.29 is 9.47 Å². The molecular weight excluding hydrogens is 272 g/mol. The predicted octanol–water partition coefficient (Wildman–Crippen LogP) is 1.94. The standard InChI is InChI=1S/C15H22N2O2S/c1-10-9-19-11(2)7-17(10)8-12-4-5-13(15(16)20)14(6-12)18-3/h4-6,10-11H,7-9H2,1-3H3,(H2,16,20). The van der Waals surface area contributed by atoms with E-state index < -0.39 is 0 Å². The number of ether oxygens (including phenoxy) is 2. The molecule has 0 saturated carbocycles. The quantitative estimate of drug-likeness (QED) is 0.860. The van der Waals surface area contributed by atoms with Crippen LogP contribution in [-0.4, -0.2) is 42.3 Å². The molecule has 0 aliphatic carbocycles. The van der Waals surface area contributed by atoms with Crippen molar-refractivity contribution in [1.29, 1.82) is 0 Å². The van der Waals surface area contributed by atoms with Gasteiger partial charge in [0.2, 0.25) is 0 Å². The van der Waals surface area contributed by atoms with Crippen molar-refractivity contribution >= 4 is 17.2 Å². The number of thiocarbonyl (C=S) groups is 1. The molecule has 1 aromatic carbocycles. The van der Waals surface area contributed by atoms with E-state index in [0.717, 1.165) is 31.0 Å². The summed E-state index contributed by atoms with van der Waals surface area (Å²) in [6, 6.07) is 6.43. The highest BCUT2D eigenvalue weighted by Crippen LogP contribution is 2.22. The SMILES string of the molecule is COc1cc(CN2CC(C)OCC2C)ccc1C(N)=S. The molecule has 1 heterocycles. The normalized spacial score (nSPS) is 23.6. The highest BCUT2D eigenvalue weighted by atomic mass is 32.1. The van der Waals surface area contributed by atoms with Crippen LogP contribution in [0.5, 0.6) is 5.75 Å². The average Bonchev–Trinajstić information content (AvgIpc) is 2.42. The van der Waals surface area contributed by atoms with Crippen LogP contribution in [0.4, 0.5) is 0 Å². The van der Waals surface area contributed by atoms with Gasteiger partial charge < -0.3 is 15.2 Å². The van der Waals surface area contributed by atoms with E-state index in [0.29, 0.717) is 11.0 Å². The summed E-state index contributed by atoms with van der Waals surface area (Å²) in [6.45, 7) is 6.90. The molecule has 0 aromatic heterocycles. The van der Waals surface area contributed by atoms with Crippen LogP contribution in [0.2, 0.25) is 0 Å². The fraction of sp³-hybridized carbons (Fsp3) is 0.533. The van der Waals surface area contributed by atoms with E-state index >= 15 is 0 Å². The first-order chi connectivity index (χ1) is 9.51. The van der Waals surface area contributed by atoms with Gasteiger partial charge in [-0.3, -0.25) is 4.90 Å². The summed E-state index contributed by atoms with van der Waals surface area (Å²) in [6.07, 6.45) is 0.281. The lowest BCUT2D eigenvalue weighted by atomic mass is 10.1. The largest absolute Gasteiger partial charge is 0.496 e. The van der Waals surface area contributed by atoms with Gasteiger partial charge in [-0.1, -0.05) is 18.3 Å². The van der Waals surface area contributed by atoms with Crippen molar-refractivity contribution in [1.82, 2.24) is 4.90 Å². The Balaban J connectivity index is 2.15. The minimum atomic E-state index is 0.281. The molecule has 4 nitrogen and oxygen atoms in total. The molecule has 0 bridgehead atoms. The first-order valence-electron chi connectivity index (χ1n) is 6.83. The van der Waals surface area contributed by atoms with Crippen molar-refractivity contribution in [2.45, 2.75) is 32.5 Å². The number of hydrogen-bond acceptors (Lipinski definition) is 4. The zero-order valence-electron chi connectivity index (χ0n) is 12.3. The number of nitrogens with zero attached hydrogens (tertiary/aromatic N) is 1. The second-order valence-corrected chi connectivity index (χ2v) is 5.76. The van der Waals surface area contributed by atoms with Gasteiger partial charge in [-0.25, -0.2) is 0 Å². The van der Waals surface area contributed by atoms with Gasteiger partial charge in [0.1, 0.15) is 10.7 Å². The van der Waals surface area contributed by atoms with E-state index in [9.17, 15) is 0 Å². The second kappa shape index (κ2) is 6.52. The van der Waals surface area contributed by atoms with Crippen molar-refractivity contribution in [2.75, 3.05) is 20.3 Å². The Kier molecular flexibility index (Phi) is 4.96. The number of nitrogens with two attached hydrogens (primary N) is 1. The zero-order valence-corrected chi connectivity index (χ0v) is 13.1. The van der Waals surface area contributed by atoms with Gasteiger partial charge in [0.15, 0.2) is 0 Å². The zero-order chi connectivity index (χ0) is 14.7. The third kappa shape index (κ3) is 3.48. The van der Waals surface area contributed by atoms with Crippen molar-refractivity contribution in [3.05, 3.63) is 29.3 Å². The molecule has 2 unspecified atom stereocenters. The van der Waals surface area contributed by atoms with Crippen LogP contribution in [0.15, 0.2) is 18.2 Å². The smallest absolute Gasteiger partial charge is 0.129 e. The van der Waals surface area contributed by atoms with Crippen LogP contribution in [0, 0.1) is 0 Å². The maximum Gasteiger partial charge on any atom is 0.129 e. The second-order valence-electron chi connectivity index (χ2n) is 5.32. The van der Waals surface area contributed by atoms with Crippen molar-refractivity contribution in [2.24, 2.45) is 5.73 Å². The molecule has 2 rings (SSSR count). The van der Waals surface area contributed by atoms with Crippen LogP contribution in [0.25, 0.3) is 0 Å². The van der Waals surface area contributed by atoms with Gasteiger partial charge in [-0.15, -0.1) is 0 Å². The molecule has 2 atom stereocenters. The summed E-state index contributed by atoms with van der Waals surface area (Å²) >= 11 is 5.03. The molecule has 2 N–H and O–H groups in total. The number of methoxy groups -OCH3 is 1. The van der Waals surface area contributed by atoms with Gasteiger partial charge in [-0.05, 0) is 31.5 Å². The Hall–Kier alpha value is -1.17. The molecule has 110 valence electrons. The third-order valence-corrected chi connectivity index (χ3v) is 3.87. The van der Waals surface area contributed by atoms with Gasteiger partial charge in [-0.2, -0.15) is 0 Å². The van der Waals surface area contributed by atoms with E-state index in [1.807, 2.05) is 12.1 Å². The van der Waals surface area contributed by atoms with Gasteiger partial charge in [0, 0.05) is 19.1 Å². The maximum atomic E-state index is 5.69. The number of rotatable bonds is 4. The molecule has 1 fully saturated rings. The minimum Gasteiger partial charge on any atom is -0.496 e. The highest BCUT2D eigenvalue weighted by Gasteiger charge is 2.23. The monoisotopic (exact) mass is 294 g/mol. The van der Waals surface area contributed by atoms with E-state index in [-0.39, 0.29) is 6.10 Å². The average molecular weight is 294 g/mol. The van der Waals surface area contributed by atoms with E-state index in [1.165, 1.54) is 5.56 Å². The molecule has 1 saturated heterocycles. The summed E-state index contributed by atoms with van der Waals surface area (Å²) in [4.78, 5) is 2.78. The van der Waals surface area contributed by atoms with Gasteiger partial charge >= 0.3 is 0 Å². The molecule has 0 radical (unpaired) electrons. The van der Waals surface area contributed by atoms with E-state index in [1.54, 1.807) is 7.11 Å². The first-order valence-corrected chi connectivity index (χ1v) is 7.24. The van der Waals surface area contributed by atoms with Crippen molar-refractivity contribution in [3.63, 3.8) is 0 Å². The molecular formula is C15H22N2O2S. The predicted molar refractivity (Wildman–Crippen MR) is 84.2 cm³/mol. The Morgan fingerprint density at radius 1 is 1.50 bits per heavy atom. The van der Waals surface area contributed by atoms with Crippen LogP contribution in [0.1, 0.15) is 25.0 Å². The molecule has 1 aromatic rings. The Morgan fingerprint density at radius 2 is 2.25 bits per heavy atom. The molecule has 1 aliphatic rings. The topological polar surface area (TPSA) is 47.7 Å². The first kappa shape index (κ1) is 15.2. The van der Waals surface area contributed by atoms with Gasteiger partial charge in [0.25, 0.3) is 0 Å². The van der Waals surface area contributed by atoms with Crippen LogP contribution < -0.4 is 10.5 Å². The summed E-state index contributed by atoms with van der Waals surface area (Å²) in [5.74, 6) is 0.740. The lowest BCUT2D eigenvalue weighted by molar-refractivity contribution is -0.0526. The Labute approximate surface area is 125 Å². The number of morpholine rings is 1. The van der Waals surface area contributed by atoms with Crippen LogP contribution in [-0.2, 0) is 11.3 Å². The van der Waals surface area contributed by atoms with E-state index in [2.05, 4.69) is 24.8 Å². The molecule has 20 heavy (non-hydrogen) atoms. The van der Waals surface area contributed by atoms with Crippen LogP contribution >= 0.6 is 12.2 Å². The van der Waals surface area contributed by atoms with E-state index in [4.69, 9.17) is 27.4 Å². The Bertz CT molecular complexity index is 493. The molecule has 1 aliphatic heterocycles. The maximum absolute atomic E-state index is 5.69. The highest BCUT2D eigenvalue weighted by molar-refractivity contribution is 7.80. The summed E-state index contributed by atoms with van der Waals surface area (Å²) < 4.78 is 11.0. The van der Waals surface area contributed by atoms with Gasteiger partial charge in [0.05, 0.1) is 25.4 Å². The third-order valence-electron chi connectivity index (χ3n) is 3.65.